The van der Waals surface area contributed by atoms with Crippen molar-refractivity contribution in [1.82, 2.24) is 20.4 Å². The number of piperazine rings is 1. The second-order valence-corrected chi connectivity index (χ2v) is 7.85. The van der Waals surface area contributed by atoms with Gasteiger partial charge in [0.1, 0.15) is 0 Å². The summed E-state index contributed by atoms with van der Waals surface area (Å²) in [6.07, 6.45) is 2.21. The Balaban J connectivity index is 1.88. The summed E-state index contributed by atoms with van der Waals surface area (Å²) >= 11 is 0. The van der Waals surface area contributed by atoms with Gasteiger partial charge in [0.15, 0.2) is 5.96 Å². The number of likely N-dealkylation sites (N-methyl/N-ethyl adjacent to an activating group) is 1. The van der Waals surface area contributed by atoms with Crippen molar-refractivity contribution in [2.75, 3.05) is 53.4 Å². The van der Waals surface area contributed by atoms with Crippen LogP contribution in [0.25, 0.3) is 0 Å². The van der Waals surface area contributed by atoms with Crippen LogP contribution in [0.3, 0.4) is 0 Å². The Morgan fingerprint density at radius 3 is 2.26 bits per heavy atom. The summed E-state index contributed by atoms with van der Waals surface area (Å²) in [5.41, 5.74) is 1.55. The van der Waals surface area contributed by atoms with Crippen LogP contribution in [0.5, 0.6) is 0 Å². The van der Waals surface area contributed by atoms with E-state index in [4.69, 9.17) is 0 Å². The molecule has 27 heavy (non-hydrogen) atoms. The summed E-state index contributed by atoms with van der Waals surface area (Å²) < 4.78 is 0. The van der Waals surface area contributed by atoms with Crippen molar-refractivity contribution in [2.24, 2.45) is 4.99 Å². The van der Waals surface area contributed by atoms with Crippen molar-refractivity contribution in [3.63, 3.8) is 0 Å². The predicted octanol–water partition coefficient (Wildman–Crippen LogP) is 2.55. The van der Waals surface area contributed by atoms with E-state index >= 15 is 0 Å². The van der Waals surface area contributed by atoms with Crippen molar-refractivity contribution < 1.29 is 0 Å². The van der Waals surface area contributed by atoms with E-state index in [9.17, 15) is 0 Å². The third-order valence-corrected chi connectivity index (χ3v) is 6.28. The maximum atomic E-state index is 4.45. The van der Waals surface area contributed by atoms with Gasteiger partial charge in [-0.05, 0) is 32.4 Å². The zero-order valence-electron chi connectivity index (χ0n) is 18.0. The highest BCUT2D eigenvalue weighted by atomic mass is 15.3. The number of aliphatic imine (C=N–C) groups is 1. The Kier molecular flexibility index (Phi) is 8.58. The molecule has 0 aliphatic carbocycles. The molecule has 0 radical (unpaired) electrons. The van der Waals surface area contributed by atoms with Gasteiger partial charge in [-0.15, -0.1) is 0 Å². The second kappa shape index (κ2) is 10.7. The lowest BCUT2D eigenvalue weighted by Crippen LogP contribution is -2.53. The number of hydrogen-bond acceptors (Lipinski definition) is 3. The predicted molar refractivity (Wildman–Crippen MR) is 117 cm³/mol. The highest BCUT2D eigenvalue weighted by Gasteiger charge is 2.28. The van der Waals surface area contributed by atoms with Crippen LogP contribution < -0.4 is 10.6 Å². The molecule has 0 aromatic heterocycles. The van der Waals surface area contributed by atoms with Crippen LogP contribution in [0.1, 0.15) is 39.2 Å². The van der Waals surface area contributed by atoms with E-state index in [0.29, 0.717) is 6.04 Å². The zero-order chi connectivity index (χ0) is 19.7. The molecule has 0 spiro atoms. The summed E-state index contributed by atoms with van der Waals surface area (Å²) in [6, 6.07) is 11.4. The maximum absolute atomic E-state index is 4.45. The van der Waals surface area contributed by atoms with E-state index < -0.39 is 0 Å². The van der Waals surface area contributed by atoms with E-state index in [1.807, 2.05) is 7.05 Å². The molecule has 1 fully saturated rings. The smallest absolute Gasteiger partial charge is 0.191 e. The monoisotopic (exact) mass is 373 g/mol. The van der Waals surface area contributed by atoms with Crippen molar-refractivity contribution in [2.45, 2.75) is 45.1 Å². The van der Waals surface area contributed by atoms with E-state index in [1.165, 1.54) is 5.56 Å². The van der Waals surface area contributed by atoms with E-state index in [-0.39, 0.29) is 5.41 Å². The molecular weight excluding hydrogens is 334 g/mol. The molecule has 0 bridgehead atoms. The average molecular weight is 374 g/mol. The SMILES string of the molecule is CCC(CC)(CNC(=NC)NCC(C)N1CCN(C)CC1)c1ccccc1. The van der Waals surface area contributed by atoms with Gasteiger partial charge >= 0.3 is 0 Å². The van der Waals surface area contributed by atoms with Crippen molar-refractivity contribution >= 4 is 5.96 Å². The van der Waals surface area contributed by atoms with Gasteiger partial charge in [-0.2, -0.15) is 0 Å². The molecule has 1 aromatic rings. The van der Waals surface area contributed by atoms with E-state index in [2.05, 4.69) is 83.6 Å². The third kappa shape index (κ3) is 5.94. The Hall–Kier alpha value is -1.59. The Morgan fingerprint density at radius 1 is 1.07 bits per heavy atom. The summed E-state index contributed by atoms with van der Waals surface area (Å²) in [7, 11) is 4.06. The lowest BCUT2D eigenvalue weighted by Gasteiger charge is -2.37. The van der Waals surface area contributed by atoms with Gasteiger partial charge in [-0.3, -0.25) is 9.89 Å². The molecule has 1 heterocycles. The summed E-state index contributed by atoms with van der Waals surface area (Å²) in [5, 5.41) is 7.12. The first-order valence-electron chi connectivity index (χ1n) is 10.5. The minimum absolute atomic E-state index is 0.141. The van der Waals surface area contributed by atoms with Gasteiger partial charge in [0.25, 0.3) is 0 Å². The van der Waals surface area contributed by atoms with Gasteiger partial charge < -0.3 is 15.5 Å². The number of nitrogens with zero attached hydrogens (tertiary/aromatic N) is 3. The van der Waals surface area contributed by atoms with Crippen LogP contribution in [-0.2, 0) is 5.41 Å². The van der Waals surface area contributed by atoms with Crippen LogP contribution in [0.4, 0.5) is 0 Å². The first kappa shape index (κ1) is 21.7. The van der Waals surface area contributed by atoms with Crippen LogP contribution in [0, 0.1) is 0 Å². The molecular formula is C22H39N5. The van der Waals surface area contributed by atoms with Crippen LogP contribution >= 0.6 is 0 Å². The first-order valence-corrected chi connectivity index (χ1v) is 10.5. The molecule has 1 unspecified atom stereocenters. The number of nitrogens with one attached hydrogen (secondary N) is 2. The normalized spacial score (nSPS) is 18.3. The zero-order valence-corrected chi connectivity index (χ0v) is 18.0. The molecule has 0 saturated carbocycles. The fraction of sp³-hybridized carbons (Fsp3) is 0.682. The molecule has 0 amide bonds. The molecule has 152 valence electrons. The topological polar surface area (TPSA) is 42.9 Å². The first-order chi connectivity index (χ1) is 13.0. The molecule has 5 heteroatoms. The summed E-state index contributed by atoms with van der Waals surface area (Å²) in [6.45, 7) is 13.3. The second-order valence-electron chi connectivity index (χ2n) is 7.85. The highest BCUT2D eigenvalue weighted by Crippen LogP contribution is 2.30. The van der Waals surface area contributed by atoms with Crippen molar-refractivity contribution in [1.29, 1.82) is 0 Å². The van der Waals surface area contributed by atoms with Gasteiger partial charge in [-0.1, -0.05) is 44.2 Å². The van der Waals surface area contributed by atoms with Crippen molar-refractivity contribution in [3.05, 3.63) is 35.9 Å². The fourth-order valence-electron chi connectivity index (χ4n) is 3.91. The Labute approximate surface area is 166 Å². The minimum atomic E-state index is 0.141. The summed E-state index contributed by atoms with van der Waals surface area (Å²) in [4.78, 5) is 9.41. The van der Waals surface area contributed by atoms with Crippen molar-refractivity contribution in [3.8, 4) is 0 Å². The fourth-order valence-corrected chi connectivity index (χ4v) is 3.91. The number of guanidine groups is 1. The molecule has 1 atom stereocenters. The van der Waals surface area contributed by atoms with Crippen LogP contribution in [0.15, 0.2) is 35.3 Å². The molecule has 5 nitrogen and oxygen atoms in total. The van der Waals surface area contributed by atoms with Gasteiger partial charge in [0.05, 0.1) is 0 Å². The summed E-state index contributed by atoms with van der Waals surface area (Å²) in [5.74, 6) is 0.901. The molecule has 2 N–H and O–H groups in total. The number of benzene rings is 1. The lowest BCUT2D eigenvalue weighted by atomic mass is 9.76. The van der Waals surface area contributed by atoms with Crippen LogP contribution in [-0.4, -0.2) is 75.2 Å². The minimum Gasteiger partial charge on any atom is -0.356 e. The molecule has 1 saturated heterocycles. The van der Waals surface area contributed by atoms with Gasteiger partial charge in [-0.25, -0.2) is 0 Å². The largest absolute Gasteiger partial charge is 0.356 e. The molecule has 1 aromatic carbocycles. The third-order valence-electron chi connectivity index (χ3n) is 6.28. The van der Waals surface area contributed by atoms with E-state index in [0.717, 1.165) is 58.1 Å². The lowest BCUT2D eigenvalue weighted by molar-refractivity contribution is 0.120. The van der Waals surface area contributed by atoms with Crippen LogP contribution in [0.2, 0.25) is 0 Å². The van der Waals surface area contributed by atoms with E-state index in [1.54, 1.807) is 0 Å². The molecule has 1 aliphatic heterocycles. The van der Waals surface area contributed by atoms with Gasteiger partial charge in [0, 0.05) is 57.8 Å². The average Bonchev–Trinajstić information content (AvgIpc) is 2.72. The Bertz CT molecular complexity index is 559. The highest BCUT2D eigenvalue weighted by molar-refractivity contribution is 5.79. The molecule has 1 aliphatic rings. The maximum Gasteiger partial charge on any atom is 0.191 e. The quantitative estimate of drug-likeness (QED) is 0.543. The number of rotatable bonds is 8. The van der Waals surface area contributed by atoms with Gasteiger partial charge in [0.2, 0.25) is 0 Å². The Morgan fingerprint density at radius 2 is 1.70 bits per heavy atom. The number of hydrogen-bond donors (Lipinski definition) is 2. The standard InChI is InChI=1S/C22H39N5/c1-6-22(7-2,20-11-9-8-10-12-20)18-25-21(23-4)24-17-19(3)27-15-13-26(5)14-16-27/h8-12,19H,6-7,13-18H2,1-5H3,(H2,23,24,25). The molecule has 2 rings (SSSR count).